The number of anilines is 1. The fourth-order valence-corrected chi connectivity index (χ4v) is 3.49. The van der Waals surface area contributed by atoms with E-state index in [-0.39, 0.29) is 18.0 Å². The van der Waals surface area contributed by atoms with Crippen LogP contribution in [0.4, 0.5) is 10.1 Å². The molecule has 0 radical (unpaired) electrons. The van der Waals surface area contributed by atoms with Gasteiger partial charge in [0.2, 0.25) is 0 Å². The summed E-state index contributed by atoms with van der Waals surface area (Å²) in [7, 11) is 1.69. The number of rotatable bonds is 7. The Balaban J connectivity index is 1.81. The molecule has 0 spiro atoms. The van der Waals surface area contributed by atoms with Crippen molar-refractivity contribution in [2.75, 3.05) is 19.0 Å². The lowest BCUT2D eigenvalue weighted by atomic mass is 9.88. The van der Waals surface area contributed by atoms with E-state index in [4.69, 9.17) is 14.2 Å². The average Bonchev–Trinajstić information content (AvgIpc) is 2.66. The molecule has 0 saturated carbocycles. The molecule has 28 heavy (non-hydrogen) atoms. The fourth-order valence-electron chi connectivity index (χ4n) is 3.49. The highest BCUT2D eigenvalue weighted by Gasteiger charge is 2.45. The van der Waals surface area contributed by atoms with Gasteiger partial charge in [0, 0.05) is 24.9 Å². The molecule has 0 aliphatic carbocycles. The van der Waals surface area contributed by atoms with Crippen LogP contribution in [0.3, 0.4) is 0 Å². The predicted octanol–water partition coefficient (Wildman–Crippen LogP) is 5.26. The van der Waals surface area contributed by atoms with E-state index >= 15 is 0 Å². The Morgan fingerprint density at radius 1 is 1.21 bits per heavy atom. The van der Waals surface area contributed by atoms with Gasteiger partial charge in [0.25, 0.3) is 0 Å². The minimum Gasteiger partial charge on any atom is -0.485 e. The van der Waals surface area contributed by atoms with Crippen LogP contribution < -0.4 is 10.1 Å². The quantitative estimate of drug-likeness (QED) is 0.660. The van der Waals surface area contributed by atoms with Crippen LogP contribution in [-0.4, -0.2) is 25.4 Å². The molecule has 1 N–H and O–H groups in total. The van der Waals surface area contributed by atoms with Gasteiger partial charge in [0.05, 0.1) is 6.61 Å². The Kier molecular flexibility index (Phi) is 6.37. The second kappa shape index (κ2) is 8.76. The SMILES string of the molecule is CC=CCOC1C(OC)c2cc(NCc3cccc(F)c3)ccc2OC1(C)C. The highest BCUT2D eigenvalue weighted by Crippen LogP contribution is 2.44. The summed E-state index contributed by atoms with van der Waals surface area (Å²) in [4.78, 5) is 0. The zero-order valence-electron chi connectivity index (χ0n) is 16.9. The highest BCUT2D eigenvalue weighted by atomic mass is 19.1. The zero-order chi connectivity index (χ0) is 20.1. The van der Waals surface area contributed by atoms with E-state index in [1.807, 2.05) is 57.2 Å². The molecule has 0 bridgehead atoms. The van der Waals surface area contributed by atoms with Crippen LogP contribution in [0.25, 0.3) is 0 Å². The molecular weight excluding hydrogens is 357 g/mol. The van der Waals surface area contributed by atoms with Gasteiger partial charge in [-0.15, -0.1) is 0 Å². The normalized spacial score (nSPS) is 20.6. The van der Waals surface area contributed by atoms with E-state index in [1.165, 1.54) is 12.1 Å². The topological polar surface area (TPSA) is 39.7 Å². The van der Waals surface area contributed by atoms with Crippen LogP contribution >= 0.6 is 0 Å². The third-order valence-electron chi connectivity index (χ3n) is 4.90. The monoisotopic (exact) mass is 385 g/mol. The number of hydrogen-bond acceptors (Lipinski definition) is 4. The van der Waals surface area contributed by atoms with Crippen molar-refractivity contribution in [2.24, 2.45) is 0 Å². The van der Waals surface area contributed by atoms with E-state index in [0.717, 1.165) is 22.6 Å². The first-order valence-corrected chi connectivity index (χ1v) is 9.51. The highest BCUT2D eigenvalue weighted by molar-refractivity contribution is 5.53. The van der Waals surface area contributed by atoms with E-state index in [9.17, 15) is 4.39 Å². The maximum absolute atomic E-state index is 13.4. The lowest BCUT2D eigenvalue weighted by molar-refractivity contribution is -0.148. The van der Waals surface area contributed by atoms with Gasteiger partial charge in [-0.1, -0.05) is 24.3 Å². The Bertz CT molecular complexity index is 834. The summed E-state index contributed by atoms with van der Waals surface area (Å²) in [6.07, 6.45) is 3.43. The summed E-state index contributed by atoms with van der Waals surface area (Å²) in [6, 6.07) is 12.5. The molecule has 0 saturated heterocycles. The second-order valence-corrected chi connectivity index (χ2v) is 7.42. The summed E-state index contributed by atoms with van der Waals surface area (Å²) in [5.74, 6) is 0.556. The molecule has 0 amide bonds. The summed E-state index contributed by atoms with van der Waals surface area (Å²) in [5, 5.41) is 3.34. The number of allylic oxidation sites excluding steroid dienone is 1. The number of ether oxygens (including phenoxy) is 3. The molecule has 2 unspecified atom stereocenters. The van der Waals surface area contributed by atoms with Crippen LogP contribution in [0.1, 0.15) is 38.0 Å². The van der Waals surface area contributed by atoms with E-state index in [1.54, 1.807) is 13.2 Å². The number of halogens is 1. The van der Waals surface area contributed by atoms with Gasteiger partial charge in [-0.05, 0) is 56.7 Å². The van der Waals surface area contributed by atoms with Crippen LogP contribution in [0.2, 0.25) is 0 Å². The standard InChI is InChI=1S/C23H28FNO3/c1-5-6-12-27-22-21(26-4)19-14-18(10-11-20(19)28-23(22,2)3)25-15-16-8-7-9-17(24)13-16/h5-11,13-14,21-22,25H,12,15H2,1-4H3. The Morgan fingerprint density at radius 3 is 2.75 bits per heavy atom. The van der Waals surface area contributed by atoms with Crippen molar-refractivity contribution in [3.05, 3.63) is 71.6 Å². The Hall–Kier alpha value is -2.37. The van der Waals surface area contributed by atoms with E-state index in [0.29, 0.717) is 13.2 Å². The van der Waals surface area contributed by atoms with Crippen LogP contribution in [0.15, 0.2) is 54.6 Å². The maximum atomic E-state index is 13.4. The molecule has 0 aromatic heterocycles. The summed E-state index contributed by atoms with van der Waals surface area (Å²) >= 11 is 0. The lowest BCUT2D eigenvalue weighted by Gasteiger charge is -2.43. The van der Waals surface area contributed by atoms with E-state index in [2.05, 4.69) is 5.32 Å². The summed E-state index contributed by atoms with van der Waals surface area (Å²) in [5.41, 5.74) is 2.22. The lowest BCUT2D eigenvalue weighted by Crippen LogP contribution is -2.50. The molecule has 1 heterocycles. The number of benzene rings is 2. The molecule has 3 rings (SSSR count). The van der Waals surface area contributed by atoms with E-state index < -0.39 is 5.60 Å². The molecule has 1 aliphatic heterocycles. The van der Waals surface area contributed by atoms with Crippen molar-refractivity contribution >= 4 is 5.69 Å². The smallest absolute Gasteiger partial charge is 0.132 e. The molecule has 150 valence electrons. The maximum Gasteiger partial charge on any atom is 0.132 e. The van der Waals surface area contributed by atoms with Crippen molar-refractivity contribution in [3.8, 4) is 5.75 Å². The first-order valence-electron chi connectivity index (χ1n) is 9.51. The molecule has 1 aliphatic rings. The predicted molar refractivity (Wildman–Crippen MR) is 109 cm³/mol. The molecule has 2 aromatic rings. The van der Waals surface area contributed by atoms with Gasteiger partial charge < -0.3 is 19.5 Å². The molecule has 2 atom stereocenters. The number of methoxy groups -OCH3 is 1. The van der Waals surface area contributed by atoms with Crippen LogP contribution in [0, 0.1) is 5.82 Å². The van der Waals surface area contributed by atoms with Gasteiger partial charge in [-0.2, -0.15) is 0 Å². The third kappa shape index (κ3) is 4.54. The molecule has 0 fully saturated rings. The largest absolute Gasteiger partial charge is 0.485 e. The minimum atomic E-state index is -0.522. The first kappa shape index (κ1) is 20.4. The van der Waals surface area contributed by atoms with Crippen molar-refractivity contribution in [1.29, 1.82) is 0 Å². The Morgan fingerprint density at radius 2 is 2.04 bits per heavy atom. The first-order chi connectivity index (χ1) is 13.4. The van der Waals surface area contributed by atoms with Crippen molar-refractivity contribution in [3.63, 3.8) is 0 Å². The summed E-state index contributed by atoms with van der Waals surface area (Å²) < 4.78 is 31.5. The fraction of sp³-hybridized carbons (Fsp3) is 0.391. The van der Waals surface area contributed by atoms with Gasteiger partial charge in [-0.3, -0.25) is 0 Å². The average molecular weight is 385 g/mol. The van der Waals surface area contributed by atoms with Gasteiger partial charge in [0.15, 0.2) is 0 Å². The van der Waals surface area contributed by atoms with Crippen molar-refractivity contribution in [2.45, 2.75) is 45.1 Å². The molecule has 5 heteroatoms. The van der Waals surface area contributed by atoms with Crippen LogP contribution in [-0.2, 0) is 16.0 Å². The van der Waals surface area contributed by atoms with Crippen LogP contribution in [0.5, 0.6) is 5.75 Å². The molecular formula is C23H28FNO3. The van der Waals surface area contributed by atoms with Crippen molar-refractivity contribution < 1.29 is 18.6 Å². The second-order valence-electron chi connectivity index (χ2n) is 7.42. The van der Waals surface area contributed by atoms with Gasteiger partial charge in [-0.25, -0.2) is 4.39 Å². The zero-order valence-corrected chi connectivity index (χ0v) is 16.9. The Labute approximate surface area is 166 Å². The number of nitrogens with one attached hydrogen (secondary N) is 1. The summed E-state index contributed by atoms with van der Waals surface area (Å²) in [6.45, 7) is 7.02. The molecule has 4 nitrogen and oxygen atoms in total. The van der Waals surface area contributed by atoms with Gasteiger partial charge >= 0.3 is 0 Å². The third-order valence-corrected chi connectivity index (χ3v) is 4.90. The van der Waals surface area contributed by atoms with Crippen molar-refractivity contribution in [1.82, 2.24) is 0 Å². The number of fused-ring (bicyclic) bond motifs is 1. The molecule has 2 aromatic carbocycles. The van der Waals surface area contributed by atoms with Gasteiger partial charge in [0.1, 0.15) is 29.4 Å². The minimum absolute atomic E-state index is 0.235. The number of hydrogen-bond donors (Lipinski definition) is 1.